The van der Waals surface area contributed by atoms with Crippen LogP contribution in [-0.2, 0) is 23.9 Å². The van der Waals surface area contributed by atoms with Gasteiger partial charge < -0.3 is 14.8 Å². The molecule has 1 heterocycles. The number of halogens is 1. The molecule has 4 atom stereocenters. The van der Waals surface area contributed by atoms with Crippen molar-refractivity contribution in [1.29, 1.82) is 0 Å². The van der Waals surface area contributed by atoms with E-state index in [-0.39, 0.29) is 28.7 Å². The summed E-state index contributed by atoms with van der Waals surface area (Å²) < 4.78 is 25.3. The second kappa shape index (κ2) is 9.04. The van der Waals surface area contributed by atoms with Gasteiger partial charge in [-0.1, -0.05) is 32.0 Å². The average molecular weight is 429 g/mol. The highest BCUT2D eigenvalue weighted by molar-refractivity contribution is 6.12. The first kappa shape index (κ1) is 22.7. The summed E-state index contributed by atoms with van der Waals surface area (Å²) >= 11 is 0. The zero-order chi connectivity index (χ0) is 22.9. The number of allylic oxidation sites excluding steroid dienone is 3. The first-order valence-corrected chi connectivity index (χ1v) is 10.5. The molecule has 0 aromatic heterocycles. The molecular weight excluding hydrogens is 401 g/mol. The minimum Gasteiger partial charge on any atom is -0.468 e. The fraction of sp³-hybridized carbons (Fsp3) is 0.458. The van der Waals surface area contributed by atoms with Gasteiger partial charge in [0, 0.05) is 22.5 Å². The van der Waals surface area contributed by atoms with Crippen LogP contribution in [-0.4, -0.2) is 30.9 Å². The molecule has 1 aliphatic carbocycles. The number of carbonyl (C=O) groups excluding carboxylic acids is 3. The number of carbonyl (C=O) groups is 3. The highest BCUT2D eigenvalue weighted by atomic mass is 19.1. The maximum atomic E-state index is 14.9. The van der Waals surface area contributed by atoms with Gasteiger partial charge in [0.2, 0.25) is 0 Å². The number of benzene rings is 1. The lowest BCUT2D eigenvalue weighted by molar-refractivity contribution is -0.151. The van der Waals surface area contributed by atoms with Crippen LogP contribution in [0.3, 0.4) is 0 Å². The molecular formula is C24H28FNO5. The number of hydrogen-bond acceptors (Lipinski definition) is 6. The fourth-order valence-electron chi connectivity index (χ4n) is 4.30. The van der Waals surface area contributed by atoms with E-state index in [0.29, 0.717) is 24.2 Å². The van der Waals surface area contributed by atoms with Crippen LogP contribution in [0.4, 0.5) is 4.39 Å². The number of ketones is 1. The molecule has 1 aliphatic heterocycles. The van der Waals surface area contributed by atoms with Crippen molar-refractivity contribution in [2.24, 2.45) is 11.8 Å². The minimum absolute atomic E-state index is 0.177. The predicted octanol–water partition coefficient (Wildman–Crippen LogP) is 3.78. The standard InChI is InChI=1S/C24H28FNO5/c1-6-13(3)31-24(29)19-14(4)26-17-11-12(2)18(23(28)30-5)22(27)21(17)20(19)15-9-7-8-10-16(15)25/h7-10,12-13,18,20,26H,6,11H2,1-5H3/t12-,13+,18-,20-/m0/s1. The Kier molecular flexibility index (Phi) is 6.62. The zero-order valence-electron chi connectivity index (χ0n) is 18.5. The van der Waals surface area contributed by atoms with E-state index in [2.05, 4.69) is 5.32 Å². The monoisotopic (exact) mass is 429 g/mol. The maximum Gasteiger partial charge on any atom is 0.337 e. The lowest BCUT2D eigenvalue weighted by Gasteiger charge is -2.38. The van der Waals surface area contributed by atoms with Crippen LogP contribution in [0.1, 0.15) is 52.0 Å². The lowest BCUT2D eigenvalue weighted by atomic mass is 9.69. The van der Waals surface area contributed by atoms with E-state index >= 15 is 0 Å². The lowest BCUT2D eigenvalue weighted by Crippen LogP contribution is -2.43. The molecule has 0 fully saturated rings. The van der Waals surface area contributed by atoms with Gasteiger partial charge >= 0.3 is 11.9 Å². The van der Waals surface area contributed by atoms with Crippen LogP contribution < -0.4 is 5.32 Å². The number of nitrogens with one attached hydrogen (secondary N) is 1. The van der Waals surface area contributed by atoms with Crippen molar-refractivity contribution in [2.45, 2.75) is 52.6 Å². The Hall–Kier alpha value is -2.96. The van der Waals surface area contributed by atoms with Gasteiger partial charge in [0.15, 0.2) is 5.78 Å². The Labute approximate surface area is 181 Å². The van der Waals surface area contributed by atoms with Crippen LogP contribution in [0, 0.1) is 17.7 Å². The number of methoxy groups -OCH3 is 1. The molecule has 0 saturated heterocycles. The van der Waals surface area contributed by atoms with Gasteiger partial charge in [-0.15, -0.1) is 0 Å². The van der Waals surface area contributed by atoms with E-state index in [9.17, 15) is 18.8 Å². The molecule has 0 amide bonds. The SMILES string of the molecule is CC[C@@H](C)OC(=O)C1=C(C)NC2=C(C(=O)[C@@H](C(=O)OC)[C@@H](C)C2)[C@H]1c1ccccc1F. The molecule has 1 N–H and O–H groups in total. The van der Waals surface area contributed by atoms with Crippen molar-refractivity contribution in [3.63, 3.8) is 0 Å². The zero-order valence-corrected chi connectivity index (χ0v) is 18.5. The number of dihydropyridines is 1. The summed E-state index contributed by atoms with van der Waals surface area (Å²) in [4.78, 5) is 39.0. The van der Waals surface area contributed by atoms with Crippen molar-refractivity contribution < 1.29 is 28.2 Å². The third-order valence-electron chi connectivity index (χ3n) is 6.06. The van der Waals surface area contributed by atoms with Gasteiger partial charge in [-0.2, -0.15) is 0 Å². The number of ether oxygens (including phenoxy) is 2. The predicted molar refractivity (Wildman–Crippen MR) is 112 cm³/mol. The Morgan fingerprint density at radius 1 is 1.29 bits per heavy atom. The molecule has 3 rings (SSSR count). The smallest absolute Gasteiger partial charge is 0.337 e. The summed E-state index contributed by atoms with van der Waals surface area (Å²) in [5.41, 5.74) is 1.70. The molecule has 166 valence electrons. The molecule has 0 saturated carbocycles. The first-order valence-electron chi connectivity index (χ1n) is 10.5. The number of Topliss-reactive ketones (excluding diaryl/α,β-unsaturated/α-hetero) is 1. The molecule has 0 radical (unpaired) electrons. The van der Waals surface area contributed by atoms with Gasteiger partial charge in [0.05, 0.1) is 24.7 Å². The average Bonchev–Trinajstić information content (AvgIpc) is 2.72. The third-order valence-corrected chi connectivity index (χ3v) is 6.06. The van der Waals surface area contributed by atoms with E-state index in [1.165, 1.54) is 13.2 Å². The van der Waals surface area contributed by atoms with Crippen LogP contribution in [0.15, 0.2) is 46.8 Å². The summed E-state index contributed by atoms with van der Waals surface area (Å²) in [5, 5.41) is 3.16. The Morgan fingerprint density at radius 3 is 2.58 bits per heavy atom. The normalized spacial score (nSPS) is 24.3. The molecule has 1 aromatic rings. The van der Waals surface area contributed by atoms with E-state index < -0.39 is 35.4 Å². The van der Waals surface area contributed by atoms with Gasteiger partial charge in [-0.25, -0.2) is 9.18 Å². The minimum atomic E-state index is -1.01. The molecule has 0 spiro atoms. The summed E-state index contributed by atoms with van der Waals surface area (Å²) in [6.45, 7) is 7.18. The number of esters is 2. The van der Waals surface area contributed by atoms with Crippen LogP contribution in [0.5, 0.6) is 0 Å². The van der Waals surface area contributed by atoms with Crippen LogP contribution >= 0.6 is 0 Å². The maximum absolute atomic E-state index is 14.9. The second-order valence-electron chi connectivity index (χ2n) is 8.18. The molecule has 7 heteroatoms. The second-order valence-corrected chi connectivity index (χ2v) is 8.18. The topological polar surface area (TPSA) is 81.7 Å². The highest BCUT2D eigenvalue weighted by Crippen LogP contribution is 2.46. The van der Waals surface area contributed by atoms with E-state index in [1.54, 1.807) is 39.0 Å². The van der Waals surface area contributed by atoms with Gasteiger partial charge in [0.1, 0.15) is 11.7 Å². The summed E-state index contributed by atoms with van der Waals surface area (Å²) in [6.07, 6.45) is 0.677. The quantitative estimate of drug-likeness (QED) is 0.567. The van der Waals surface area contributed by atoms with Crippen molar-refractivity contribution in [3.05, 3.63) is 58.2 Å². The van der Waals surface area contributed by atoms with Crippen LogP contribution in [0.2, 0.25) is 0 Å². The highest BCUT2D eigenvalue weighted by Gasteiger charge is 2.47. The van der Waals surface area contributed by atoms with E-state index in [4.69, 9.17) is 9.47 Å². The number of rotatable bonds is 5. The number of hydrogen-bond donors (Lipinski definition) is 1. The Morgan fingerprint density at radius 2 is 1.97 bits per heavy atom. The van der Waals surface area contributed by atoms with Gasteiger partial charge in [-0.3, -0.25) is 9.59 Å². The van der Waals surface area contributed by atoms with E-state index in [1.807, 2.05) is 6.92 Å². The van der Waals surface area contributed by atoms with Gasteiger partial charge in [-0.05, 0) is 38.7 Å². The van der Waals surface area contributed by atoms with Crippen molar-refractivity contribution >= 4 is 17.7 Å². The van der Waals surface area contributed by atoms with E-state index in [0.717, 1.165) is 0 Å². The van der Waals surface area contributed by atoms with Crippen molar-refractivity contribution in [2.75, 3.05) is 7.11 Å². The molecule has 0 unspecified atom stereocenters. The molecule has 31 heavy (non-hydrogen) atoms. The van der Waals surface area contributed by atoms with Crippen LogP contribution in [0.25, 0.3) is 0 Å². The molecule has 6 nitrogen and oxygen atoms in total. The fourth-order valence-corrected chi connectivity index (χ4v) is 4.30. The molecule has 2 aliphatic rings. The third kappa shape index (κ3) is 4.13. The van der Waals surface area contributed by atoms with Crippen molar-refractivity contribution in [3.8, 4) is 0 Å². The first-order chi connectivity index (χ1) is 14.7. The van der Waals surface area contributed by atoms with Gasteiger partial charge in [0.25, 0.3) is 0 Å². The van der Waals surface area contributed by atoms with Crippen molar-refractivity contribution in [1.82, 2.24) is 5.32 Å². The molecule has 1 aromatic carbocycles. The molecule has 0 bridgehead atoms. The Bertz CT molecular complexity index is 980. The Balaban J connectivity index is 2.18. The summed E-state index contributed by atoms with van der Waals surface area (Å²) in [6, 6.07) is 6.04. The summed E-state index contributed by atoms with van der Waals surface area (Å²) in [7, 11) is 1.23. The largest absolute Gasteiger partial charge is 0.468 e. The summed E-state index contributed by atoms with van der Waals surface area (Å²) in [5.74, 6) is -4.52.